The Morgan fingerprint density at radius 1 is 1.22 bits per heavy atom. The first-order chi connectivity index (χ1) is 11.3. The van der Waals surface area contributed by atoms with Gasteiger partial charge in [0, 0.05) is 17.5 Å². The van der Waals surface area contributed by atoms with Crippen molar-refractivity contribution >= 4 is 11.6 Å². The first-order valence-electron chi connectivity index (χ1n) is 7.60. The molecule has 118 valence electrons. The van der Waals surface area contributed by atoms with Crippen LogP contribution in [0.2, 0.25) is 0 Å². The molecule has 0 aliphatic carbocycles. The minimum atomic E-state index is -0.246. The van der Waals surface area contributed by atoms with Crippen LogP contribution in [0.1, 0.15) is 29.3 Å². The van der Waals surface area contributed by atoms with E-state index in [1.165, 1.54) is 0 Å². The van der Waals surface area contributed by atoms with E-state index in [0.29, 0.717) is 25.2 Å². The highest BCUT2D eigenvalue weighted by molar-refractivity contribution is 6.04. The van der Waals surface area contributed by atoms with Crippen molar-refractivity contribution in [3.63, 3.8) is 0 Å². The number of amides is 1. The van der Waals surface area contributed by atoms with Crippen molar-refractivity contribution in [1.82, 2.24) is 5.43 Å². The molecule has 0 bridgehead atoms. The van der Waals surface area contributed by atoms with E-state index in [9.17, 15) is 4.79 Å². The number of hydrogen-bond donors (Lipinski definition) is 1. The normalized spacial score (nSPS) is 14.7. The van der Waals surface area contributed by atoms with E-state index in [0.717, 1.165) is 22.8 Å². The number of fused-ring (bicyclic) bond motifs is 1. The molecule has 1 N–H and O–H groups in total. The third-order valence-corrected chi connectivity index (χ3v) is 3.51. The number of benzene rings is 2. The molecular formula is C18H18N2O3. The molecule has 0 spiro atoms. The predicted molar refractivity (Wildman–Crippen MR) is 88.2 cm³/mol. The van der Waals surface area contributed by atoms with Crippen LogP contribution in [0.15, 0.2) is 53.6 Å². The van der Waals surface area contributed by atoms with Crippen LogP contribution in [-0.4, -0.2) is 24.8 Å². The van der Waals surface area contributed by atoms with Crippen molar-refractivity contribution < 1.29 is 14.3 Å². The van der Waals surface area contributed by atoms with Crippen molar-refractivity contribution in [2.24, 2.45) is 5.10 Å². The number of nitrogens with one attached hydrogen (secondary N) is 1. The summed E-state index contributed by atoms with van der Waals surface area (Å²) >= 11 is 0. The number of carbonyl (C=O) groups excluding carboxylic acids is 1. The molecule has 0 saturated carbocycles. The molecule has 1 aliphatic heterocycles. The van der Waals surface area contributed by atoms with Crippen LogP contribution in [-0.2, 0) is 0 Å². The zero-order valence-corrected chi connectivity index (χ0v) is 12.9. The van der Waals surface area contributed by atoms with E-state index < -0.39 is 0 Å². The first kappa shape index (κ1) is 15.1. The number of hydrogen-bond acceptors (Lipinski definition) is 4. The molecule has 5 nitrogen and oxygen atoms in total. The van der Waals surface area contributed by atoms with Gasteiger partial charge in [-0.25, -0.2) is 5.43 Å². The number of para-hydroxylation sites is 1. The molecular weight excluding hydrogens is 292 g/mol. The van der Waals surface area contributed by atoms with E-state index in [4.69, 9.17) is 9.47 Å². The molecule has 0 atom stereocenters. The van der Waals surface area contributed by atoms with Crippen LogP contribution in [0.25, 0.3) is 0 Å². The zero-order valence-electron chi connectivity index (χ0n) is 12.9. The average molecular weight is 310 g/mol. The maximum absolute atomic E-state index is 12.2. The molecule has 0 aromatic heterocycles. The van der Waals surface area contributed by atoms with Crippen LogP contribution in [0.4, 0.5) is 0 Å². The van der Waals surface area contributed by atoms with Gasteiger partial charge in [-0.1, -0.05) is 12.1 Å². The lowest BCUT2D eigenvalue weighted by Crippen LogP contribution is -2.23. The minimum Gasteiger partial charge on any atom is -0.494 e. The summed E-state index contributed by atoms with van der Waals surface area (Å²) in [6.07, 6.45) is 0.667. The van der Waals surface area contributed by atoms with E-state index in [2.05, 4.69) is 10.5 Å². The Hall–Kier alpha value is -2.82. The SMILES string of the molecule is CCOc1ccc(C(=O)N/N=C2/CCOc3ccccc32)cc1. The molecule has 0 saturated heterocycles. The van der Waals surface area contributed by atoms with Crippen molar-refractivity contribution in [3.05, 3.63) is 59.7 Å². The summed E-state index contributed by atoms with van der Waals surface area (Å²) in [5.41, 5.74) is 4.90. The fourth-order valence-corrected chi connectivity index (χ4v) is 2.39. The maximum Gasteiger partial charge on any atom is 0.271 e. The molecule has 1 heterocycles. The fourth-order valence-electron chi connectivity index (χ4n) is 2.39. The van der Waals surface area contributed by atoms with E-state index in [1.54, 1.807) is 24.3 Å². The van der Waals surface area contributed by atoms with Crippen LogP contribution < -0.4 is 14.9 Å². The third kappa shape index (κ3) is 3.51. The lowest BCUT2D eigenvalue weighted by atomic mass is 10.0. The van der Waals surface area contributed by atoms with Gasteiger partial charge in [-0.05, 0) is 43.3 Å². The molecule has 0 unspecified atom stereocenters. The first-order valence-corrected chi connectivity index (χ1v) is 7.60. The number of carbonyl (C=O) groups is 1. The summed E-state index contributed by atoms with van der Waals surface area (Å²) in [6, 6.07) is 14.7. The van der Waals surface area contributed by atoms with Gasteiger partial charge in [-0.2, -0.15) is 5.10 Å². The topological polar surface area (TPSA) is 59.9 Å². The van der Waals surface area contributed by atoms with Crippen molar-refractivity contribution in [2.45, 2.75) is 13.3 Å². The molecule has 2 aromatic rings. The highest BCUT2D eigenvalue weighted by Gasteiger charge is 2.16. The van der Waals surface area contributed by atoms with Crippen LogP contribution in [0, 0.1) is 0 Å². The zero-order chi connectivity index (χ0) is 16.1. The Kier molecular flexibility index (Phi) is 4.57. The molecule has 0 fully saturated rings. The van der Waals surface area contributed by atoms with Gasteiger partial charge in [0.05, 0.1) is 18.9 Å². The summed E-state index contributed by atoms with van der Waals surface area (Å²) in [6.45, 7) is 3.08. The van der Waals surface area contributed by atoms with Gasteiger partial charge >= 0.3 is 0 Å². The molecule has 0 radical (unpaired) electrons. The third-order valence-electron chi connectivity index (χ3n) is 3.51. The van der Waals surface area contributed by atoms with Gasteiger partial charge in [-0.15, -0.1) is 0 Å². The van der Waals surface area contributed by atoms with Gasteiger partial charge in [-0.3, -0.25) is 4.79 Å². The molecule has 2 aromatic carbocycles. The second-order valence-electron chi connectivity index (χ2n) is 5.05. The molecule has 1 amide bonds. The Bertz CT molecular complexity index is 723. The monoisotopic (exact) mass is 310 g/mol. The fraction of sp³-hybridized carbons (Fsp3) is 0.222. The second kappa shape index (κ2) is 6.96. The van der Waals surface area contributed by atoms with E-state index in [-0.39, 0.29) is 5.91 Å². The molecule has 3 rings (SSSR count). The smallest absolute Gasteiger partial charge is 0.271 e. The van der Waals surface area contributed by atoms with E-state index >= 15 is 0 Å². The lowest BCUT2D eigenvalue weighted by Gasteiger charge is -2.18. The average Bonchev–Trinajstić information content (AvgIpc) is 2.60. The van der Waals surface area contributed by atoms with Gasteiger partial charge in [0.1, 0.15) is 11.5 Å². The van der Waals surface area contributed by atoms with E-state index in [1.807, 2.05) is 31.2 Å². The van der Waals surface area contributed by atoms with Crippen LogP contribution in [0.5, 0.6) is 11.5 Å². The second-order valence-corrected chi connectivity index (χ2v) is 5.05. The summed E-state index contributed by atoms with van der Waals surface area (Å²) in [5.74, 6) is 1.30. The number of rotatable bonds is 4. The Morgan fingerprint density at radius 3 is 2.78 bits per heavy atom. The number of nitrogens with zero attached hydrogens (tertiary/aromatic N) is 1. The molecule has 1 aliphatic rings. The Morgan fingerprint density at radius 2 is 2.00 bits per heavy atom. The quantitative estimate of drug-likeness (QED) is 0.883. The maximum atomic E-state index is 12.2. The molecule has 23 heavy (non-hydrogen) atoms. The van der Waals surface area contributed by atoms with Gasteiger partial charge in [0.15, 0.2) is 0 Å². The van der Waals surface area contributed by atoms with Gasteiger partial charge in [0.2, 0.25) is 0 Å². The van der Waals surface area contributed by atoms with Crippen molar-refractivity contribution in [3.8, 4) is 11.5 Å². The van der Waals surface area contributed by atoms with Crippen LogP contribution in [0.3, 0.4) is 0 Å². The highest BCUT2D eigenvalue weighted by atomic mass is 16.5. The summed E-state index contributed by atoms with van der Waals surface area (Å²) in [5, 5.41) is 4.27. The highest BCUT2D eigenvalue weighted by Crippen LogP contribution is 2.24. The standard InChI is InChI=1S/C18H18N2O3/c1-2-22-14-9-7-13(8-10-14)18(21)20-19-16-11-12-23-17-6-4-3-5-15(16)17/h3-10H,2,11-12H2,1H3,(H,20,21)/b19-16-. The molecule has 5 heteroatoms. The Balaban J connectivity index is 1.71. The largest absolute Gasteiger partial charge is 0.494 e. The summed E-state index contributed by atoms with van der Waals surface area (Å²) in [4.78, 5) is 12.2. The van der Waals surface area contributed by atoms with Crippen molar-refractivity contribution in [1.29, 1.82) is 0 Å². The lowest BCUT2D eigenvalue weighted by molar-refractivity contribution is 0.0954. The minimum absolute atomic E-state index is 0.246. The van der Waals surface area contributed by atoms with Gasteiger partial charge in [0.25, 0.3) is 5.91 Å². The number of hydrazone groups is 1. The predicted octanol–water partition coefficient (Wildman–Crippen LogP) is 3.00. The van der Waals surface area contributed by atoms with Crippen molar-refractivity contribution in [2.75, 3.05) is 13.2 Å². The number of ether oxygens (including phenoxy) is 2. The Labute approximate surface area is 134 Å². The summed E-state index contributed by atoms with van der Waals surface area (Å²) in [7, 11) is 0. The van der Waals surface area contributed by atoms with Gasteiger partial charge < -0.3 is 9.47 Å². The van der Waals surface area contributed by atoms with Crippen LogP contribution >= 0.6 is 0 Å². The summed E-state index contributed by atoms with van der Waals surface area (Å²) < 4.78 is 10.9.